The van der Waals surface area contributed by atoms with Gasteiger partial charge < -0.3 is 15.4 Å². The van der Waals surface area contributed by atoms with Crippen molar-refractivity contribution in [1.29, 1.82) is 5.26 Å². The summed E-state index contributed by atoms with van der Waals surface area (Å²) in [6.07, 6.45) is 6.39. The number of carbonyl (C=O) groups is 1. The number of hydrogen-bond acceptors (Lipinski definition) is 8. The number of rotatable bonds is 9. The van der Waals surface area contributed by atoms with Crippen molar-refractivity contribution in [3.8, 4) is 16.6 Å². The highest BCUT2D eigenvalue weighted by Gasteiger charge is 2.29. The number of aliphatic imine (C=N–C) groups is 1. The van der Waals surface area contributed by atoms with Crippen LogP contribution >= 0.6 is 11.3 Å². The number of aromatic nitrogens is 1. The van der Waals surface area contributed by atoms with Crippen molar-refractivity contribution < 1.29 is 17.9 Å². The fourth-order valence-electron chi connectivity index (χ4n) is 5.04. The van der Waals surface area contributed by atoms with E-state index < -0.39 is 21.7 Å². The highest BCUT2D eigenvalue weighted by Crippen LogP contribution is 2.40. The molecule has 1 amide bonds. The average Bonchev–Trinajstić information content (AvgIpc) is 3.45. The highest BCUT2D eigenvalue weighted by molar-refractivity contribution is 7.89. The van der Waals surface area contributed by atoms with E-state index in [1.807, 2.05) is 50.4 Å². The van der Waals surface area contributed by atoms with Gasteiger partial charge in [0.25, 0.3) is 0 Å². The first-order valence-corrected chi connectivity index (χ1v) is 17.2. The number of benzene rings is 2. The van der Waals surface area contributed by atoms with E-state index in [1.54, 1.807) is 45.2 Å². The molecule has 1 fully saturated rings. The minimum Gasteiger partial charge on any atom is -0.447 e. The molecule has 1 aliphatic carbocycles. The standard InChI is InChI=1S/C32H41N7O4S2/c1-21(2)43-31(40)38-24-13-11-23(12-14-24)29-34-19-27(44-29)26-16-15-25(17-28(26)45(41,42)39-32(3,4)5)37-30(36-20-33)35-18-22-9-7-6-8-10-22/h6-10,15-17,19,21,23-24,39H,11-14,18H2,1-5H3,(H,38,40)(H2,35,36,37). The van der Waals surface area contributed by atoms with Crippen LogP contribution in [0.5, 0.6) is 0 Å². The number of ether oxygens (including phenoxy) is 1. The van der Waals surface area contributed by atoms with Crippen molar-refractivity contribution in [2.45, 2.75) is 95.3 Å². The van der Waals surface area contributed by atoms with Crippen LogP contribution in [-0.4, -0.2) is 43.1 Å². The van der Waals surface area contributed by atoms with Crippen molar-refractivity contribution in [2.75, 3.05) is 5.32 Å². The molecule has 11 nitrogen and oxygen atoms in total. The van der Waals surface area contributed by atoms with Crippen molar-refractivity contribution >= 4 is 39.1 Å². The molecule has 0 unspecified atom stereocenters. The molecule has 0 saturated heterocycles. The molecule has 1 aromatic heterocycles. The second-order valence-electron chi connectivity index (χ2n) is 12.3. The number of nitrogens with one attached hydrogen (secondary N) is 4. The van der Waals surface area contributed by atoms with Crippen LogP contribution < -0.4 is 20.7 Å². The zero-order valence-corrected chi connectivity index (χ0v) is 27.9. The van der Waals surface area contributed by atoms with Crippen LogP contribution in [0.25, 0.3) is 10.4 Å². The predicted molar refractivity (Wildman–Crippen MR) is 177 cm³/mol. The zero-order chi connectivity index (χ0) is 32.6. The molecule has 2 aromatic carbocycles. The largest absolute Gasteiger partial charge is 0.447 e. The van der Waals surface area contributed by atoms with Crippen molar-refractivity contribution in [2.24, 2.45) is 4.99 Å². The number of carbonyl (C=O) groups excluding carboxylic acids is 1. The summed E-state index contributed by atoms with van der Waals surface area (Å²) in [6, 6.07) is 14.7. The lowest BCUT2D eigenvalue weighted by atomic mass is 9.86. The Balaban J connectivity index is 1.57. The Morgan fingerprint density at radius 2 is 1.84 bits per heavy atom. The smallest absolute Gasteiger partial charge is 0.407 e. The van der Waals surface area contributed by atoms with E-state index in [4.69, 9.17) is 9.72 Å². The number of amides is 1. The second-order valence-corrected chi connectivity index (χ2v) is 15.0. The number of thiazole rings is 1. The molecule has 0 spiro atoms. The molecule has 4 rings (SSSR count). The second kappa shape index (κ2) is 14.9. The summed E-state index contributed by atoms with van der Waals surface area (Å²) in [6.45, 7) is 9.33. The van der Waals surface area contributed by atoms with Gasteiger partial charge in [-0.2, -0.15) is 5.26 Å². The molecule has 0 bridgehead atoms. The van der Waals surface area contributed by atoms with E-state index in [2.05, 4.69) is 25.7 Å². The van der Waals surface area contributed by atoms with E-state index in [9.17, 15) is 18.5 Å². The third-order valence-electron chi connectivity index (χ3n) is 6.94. The number of nitriles is 1. The molecule has 45 heavy (non-hydrogen) atoms. The molecule has 1 saturated carbocycles. The lowest BCUT2D eigenvalue weighted by Crippen LogP contribution is -2.40. The van der Waals surface area contributed by atoms with Gasteiger partial charge >= 0.3 is 6.09 Å². The van der Waals surface area contributed by atoms with Crippen molar-refractivity contribution in [3.63, 3.8) is 0 Å². The van der Waals surface area contributed by atoms with Gasteiger partial charge in [-0.25, -0.2) is 27.9 Å². The Bertz CT molecular complexity index is 1630. The van der Waals surface area contributed by atoms with Gasteiger partial charge in [0, 0.05) is 34.9 Å². The number of sulfonamides is 1. The lowest BCUT2D eigenvalue weighted by molar-refractivity contribution is 0.109. The quantitative estimate of drug-likeness (QED) is 0.0937. The zero-order valence-electron chi connectivity index (χ0n) is 26.3. The number of guanidine groups is 1. The van der Waals surface area contributed by atoms with Crippen LogP contribution in [0.4, 0.5) is 10.5 Å². The molecule has 13 heteroatoms. The fourth-order valence-corrected chi connectivity index (χ4v) is 7.89. The molecule has 0 atom stereocenters. The third kappa shape index (κ3) is 10.0. The van der Waals surface area contributed by atoms with E-state index in [-0.39, 0.29) is 28.9 Å². The summed E-state index contributed by atoms with van der Waals surface area (Å²) in [7, 11) is -3.95. The van der Waals surface area contributed by atoms with Gasteiger partial charge in [-0.05, 0) is 78.0 Å². The molecule has 0 aliphatic heterocycles. The normalized spacial score (nSPS) is 17.4. The first-order valence-electron chi connectivity index (χ1n) is 14.9. The maximum atomic E-state index is 13.7. The van der Waals surface area contributed by atoms with Gasteiger partial charge in [0.2, 0.25) is 16.0 Å². The van der Waals surface area contributed by atoms with E-state index >= 15 is 0 Å². The number of alkyl carbamates (subject to hydrolysis) is 1. The van der Waals surface area contributed by atoms with Crippen molar-refractivity contribution in [1.82, 2.24) is 20.3 Å². The van der Waals surface area contributed by atoms with Gasteiger partial charge in [-0.1, -0.05) is 36.4 Å². The fraction of sp³-hybridized carbons (Fsp3) is 0.438. The topological polar surface area (TPSA) is 158 Å². The molecule has 240 valence electrons. The summed E-state index contributed by atoms with van der Waals surface area (Å²) in [5.74, 6) is 0.418. The Morgan fingerprint density at radius 3 is 2.49 bits per heavy atom. The van der Waals surface area contributed by atoms with Crippen LogP contribution in [-0.2, 0) is 21.3 Å². The lowest BCUT2D eigenvalue weighted by Gasteiger charge is -2.28. The first-order chi connectivity index (χ1) is 21.3. The minimum atomic E-state index is -3.95. The van der Waals surface area contributed by atoms with E-state index in [0.29, 0.717) is 17.8 Å². The van der Waals surface area contributed by atoms with Gasteiger partial charge in [-0.3, -0.25) is 5.32 Å². The average molecular weight is 652 g/mol. The Labute approximate surface area is 269 Å². The molecule has 3 aromatic rings. The summed E-state index contributed by atoms with van der Waals surface area (Å²) >= 11 is 1.48. The van der Waals surface area contributed by atoms with E-state index in [0.717, 1.165) is 41.1 Å². The minimum absolute atomic E-state index is 0.0591. The number of anilines is 1. The van der Waals surface area contributed by atoms with Crippen LogP contribution in [0.15, 0.2) is 64.6 Å². The van der Waals surface area contributed by atoms with E-state index in [1.165, 1.54) is 11.3 Å². The van der Waals surface area contributed by atoms with Crippen molar-refractivity contribution in [3.05, 3.63) is 65.3 Å². The third-order valence-corrected chi connectivity index (χ3v) is 9.93. The van der Waals surface area contributed by atoms with Gasteiger partial charge in [0.05, 0.1) is 27.4 Å². The highest BCUT2D eigenvalue weighted by atomic mass is 32.2. The first kappa shape index (κ1) is 33.9. The Morgan fingerprint density at radius 1 is 1.13 bits per heavy atom. The molecule has 4 N–H and O–H groups in total. The molecular weight excluding hydrogens is 611 g/mol. The Hall–Kier alpha value is -3.99. The predicted octanol–water partition coefficient (Wildman–Crippen LogP) is 6.09. The molecular formula is C32H41N7O4S2. The monoisotopic (exact) mass is 651 g/mol. The van der Waals surface area contributed by atoms with Gasteiger partial charge in [0.1, 0.15) is 0 Å². The molecule has 1 heterocycles. The van der Waals surface area contributed by atoms with Crippen LogP contribution in [0.1, 0.15) is 76.8 Å². The maximum Gasteiger partial charge on any atom is 0.407 e. The summed E-state index contributed by atoms with van der Waals surface area (Å²) in [5.41, 5.74) is 1.24. The van der Waals surface area contributed by atoms with Crippen LogP contribution in [0, 0.1) is 11.5 Å². The van der Waals surface area contributed by atoms with Gasteiger partial charge in [-0.15, -0.1) is 11.3 Å². The Kier molecular flexibility index (Phi) is 11.2. The van der Waals surface area contributed by atoms with Crippen LogP contribution in [0.2, 0.25) is 0 Å². The van der Waals surface area contributed by atoms with Crippen LogP contribution in [0.3, 0.4) is 0 Å². The summed E-state index contributed by atoms with van der Waals surface area (Å²) < 4.78 is 35.4. The SMILES string of the molecule is CC(C)OC(=O)NC1CCC(c2ncc(-c3ccc(NC(=NCc4ccccc4)NC#N)cc3S(=O)(=O)NC(C)(C)C)s2)CC1. The summed E-state index contributed by atoms with van der Waals surface area (Å²) in [4.78, 5) is 22.0. The molecule has 1 aliphatic rings. The molecule has 0 radical (unpaired) electrons. The van der Waals surface area contributed by atoms with Gasteiger partial charge in [0.15, 0.2) is 6.19 Å². The maximum absolute atomic E-state index is 13.7. The number of nitrogens with zero attached hydrogens (tertiary/aromatic N) is 3. The number of hydrogen-bond donors (Lipinski definition) is 4. The summed E-state index contributed by atoms with van der Waals surface area (Å²) in [5, 5.41) is 18.8.